The van der Waals surface area contributed by atoms with Gasteiger partial charge in [0.1, 0.15) is 0 Å². The normalized spacial score (nSPS) is 10.4. The van der Waals surface area contributed by atoms with E-state index in [1.807, 2.05) is 18.0 Å². The first-order valence-electron chi connectivity index (χ1n) is 8.12. The highest BCUT2D eigenvalue weighted by atomic mass is 19.4. The largest absolute Gasteiger partial charge is 0.490 e. The van der Waals surface area contributed by atoms with Crippen LogP contribution in [0.3, 0.4) is 0 Å². The number of carboxylic acids is 2. The minimum absolute atomic E-state index is 0.118. The van der Waals surface area contributed by atoms with Crippen LogP contribution in [0.2, 0.25) is 0 Å². The fraction of sp³-hybridized carbons (Fsp3) is 0.471. The van der Waals surface area contributed by atoms with E-state index in [4.69, 9.17) is 9.90 Å². The van der Waals surface area contributed by atoms with Crippen molar-refractivity contribution in [3.8, 4) is 0 Å². The maximum atomic E-state index is 11.4. The Morgan fingerprint density at radius 2 is 1.70 bits per heavy atom. The Morgan fingerprint density at radius 1 is 1.15 bits per heavy atom. The number of nitrogens with zero attached hydrogens (tertiary/aromatic N) is 1. The Morgan fingerprint density at radius 3 is 2.11 bits per heavy atom. The van der Waals surface area contributed by atoms with Gasteiger partial charge in [0, 0.05) is 25.7 Å². The lowest BCUT2D eigenvalue weighted by molar-refractivity contribution is -0.192. The van der Waals surface area contributed by atoms with Gasteiger partial charge < -0.3 is 20.4 Å². The van der Waals surface area contributed by atoms with Crippen LogP contribution in [0, 0.1) is 0 Å². The average Bonchev–Trinajstić information content (AvgIpc) is 2.59. The molecule has 1 amide bonds. The number of hydrogen-bond acceptors (Lipinski definition) is 4. The van der Waals surface area contributed by atoms with E-state index in [1.54, 1.807) is 19.1 Å². The number of amides is 1. The second-order valence-corrected chi connectivity index (χ2v) is 5.51. The minimum Gasteiger partial charge on any atom is -0.478 e. The summed E-state index contributed by atoms with van der Waals surface area (Å²) < 4.78 is 31.7. The molecule has 3 N–H and O–H groups in total. The van der Waals surface area contributed by atoms with Gasteiger partial charge >= 0.3 is 18.1 Å². The molecule has 27 heavy (non-hydrogen) atoms. The van der Waals surface area contributed by atoms with Gasteiger partial charge in [0.25, 0.3) is 0 Å². The summed E-state index contributed by atoms with van der Waals surface area (Å²) in [7, 11) is 1.93. The first-order valence-corrected chi connectivity index (χ1v) is 8.12. The number of nitrogens with one attached hydrogen (secondary N) is 1. The quantitative estimate of drug-likeness (QED) is 0.655. The van der Waals surface area contributed by atoms with Crippen LogP contribution in [0.4, 0.5) is 24.5 Å². The van der Waals surface area contributed by atoms with E-state index >= 15 is 0 Å². The van der Waals surface area contributed by atoms with Crippen molar-refractivity contribution in [3.05, 3.63) is 23.8 Å². The van der Waals surface area contributed by atoms with Crippen molar-refractivity contribution in [2.45, 2.75) is 39.3 Å². The molecule has 10 heteroatoms. The van der Waals surface area contributed by atoms with E-state index in [0.29, 0.717) is 12.1 Å². The lowest BCUT2D eigenvalue weighted by Crippen LogP contribution is -2.21. The minimum atomic E-state index is -5.08. The standard InChI is InChI=1S/C15H22N2O3.C2HF3O2/c1-4-6-9-17(3)11-7-8-13(16-14(18)5-2)12(10-11)15(19)20;3-2(4,5)1(6)7/h7-8,10H,4-6,9H2,1-3H3,(H,16,18)(H,19,20);(H,6,7). The second kappa shape index (κ2) is 11.0. The number of carbonyl (C=O) groups excluding carboxylic acids is 1. The SMILES string of the molecule is CCCCN(C)c1ccc(NC(=O)CC)c(C(=O)O)c1.O=C(O)C(F)(F)F. The van der Waals surface area contributed by atoms with E-state index in [9.17, 15) is 27.9 Å². The van der Waals surface area contributed by atoms with Crippen molar-refractivity contribution in [3.63, 3.8) is 0 Å². The molecular weight excluding hydrogens is 369 g/mol. The number of alkyl halides is 3. The van der Waals surface area contributed by atoms with Crippen LogP contribution in [0.25, 0.3) is 0 Å². The average molecular weight is 392 g/mol. The first kappa shape index (κ1) is 24.2. The fourth-order valence-electron chi connectivity index (χ4n) is 1.82. The van der Waals surface area contributed by atoms with Crippen molar-refractivity contribution < 1.29 is 37.8 Å². The third-order valence-corrected chi connectivity index (χ3v) is 3.36. The summed E-state index contributed by atoms with van der Waals surface area (Å²) in [6.07, 6.45) is -2.63. The zero-order valence-corrected chi connectivity index (χ0v) is 15.3. The summed E-state index contributed by atoms with van der Waals surface area (Å²) in [5, 5.41) is 19.0. The van der Waals surface area contributed by atoms with Crippen LogP contribution in [-0.4, -0.2) is 47.8 Å². The molecule has 0 aromatic heterocycles. The predicted molar refractivity (Wildman–Crippen MR) is 94.2 cm³/mol. The van der Waals surface area contributed by atoms with Gasteiger partial charge in [-0.05, 0) is 24.6 Å². The Kier molecular flexibility index (Phi) is 9.91. The number of carboxylic acid groups (broad SMARTS) is 2. The topological polar surface area (TPSA) is 107 Å². The van der Waals surface area contributed by atoms with E-state index in [1.165, 1.54) is 0 Å². The number of rotatable bonds is 7. The molecule has 0 fully saturated rings. The number of anilines is 2. The number of aliphatic carboxylic acids is 1. The predicted octanol–water partition coefficient (Wildman–Crippen LogP) is 3.60. The maximum absolute atomic E-state index is 11.4. The van der Waals surface area contributed by atoms with Crippen LogP contribution in [0.5, 0.6) is 0 Å². The highest BCUT2D eigenvalue weighted by Crippen LogP contribution is 2.23. The van der Waals surface area contributed by atoms with Gasteiger partial charge in [0.15, 0.2) is 0 Å². The zero-order valence-electron chi connectivity index (χ0n) is 15.3. The van der Waals surface area contributed by atoms with E-state index in [-0.39, 0.29) is 11.5 Å². The summed E-state index contributed by atoms with van der Waals surface area (Å²) in [6.45, 7) is 4.71. The fourth-order valence-corrected chi connectivity index (χ4v) is 1.82. The van der Waals surface area contributed by atoms with Crippen molar-refractivity contribution in [2.24, 2.45) is 0 Å². The summed E-state index contributed by atoms with van der Waals surface area (Å²) in [5.41, 5.74) is 1.30. The monoisotopic (exact) mass is 392 g/mol. The summed E-state index contributed by atoms with van der Waals surface area (Å²) in [5.74, 6) is -3.99. The molecule has 0 bridgehead atoms. The van der Waals surface area contributed by atoms with Gasteiger partial charge in [-0.2, -0.15) is 13.2 Å². The molecule has 0 saturated heterocycles. The number of unbranched alkanes of at least 4 members (excludes halogenated alkanes) is 1. The molecule has 7 nitrogen and oxygen atoms in total. The molecule has 0 aliphatic heterocycles. The Hall–Kier alpha value is -2.78. The third kappa shape index (κ3) is 8.93. The number of benzene rings is 1. The van der Waals surface area contributed by atoms with Gasteiger partial charge in [-0.3, -0.25) is 4.79 Å². The van der Waals surface area contributed by atoms with Crippen LogP contribution in [0.15, 0.2) is 18.2 Å². The van der Waals surface area contributed by atoms with Gasteiger partial charge in [-0.15, -0.1) is 0 Å². The van der Waals surface area contributed by atoms with Crippen LogP contribution in [0.1, 0.15) is 43.5 Å². The zero-order chi connectivity index (χ0) is 21.2. The molecule has 0 atom stereocenters. The molecule has 1 rings (SSSR count). The smallest absolute Gasteiger partial charge is 0.478 e. The molecule has 0 aliphatic rings. The van der Waals surface area contributed by atoms with Gasteiger partial charge in [0.2, 0.25) is 5.91 Å². The number of halogens is 3. The van der Waals surface area contributed by atoms with Gasteiger partial charge in [-0.25, -0.2) is 9.59 Å². The molecule has 0 unspecified atom stereocenters. The molecule has 1 aromatic rings. The first-order chi connectivity index (χ1) is 12.4. The molecule has 0 aliphatic carbocycles. The van der Waals surface area contributed by atoms with Gasteiger partial charge in [-0.1, -0.05) is 20.3 Å². The maximum Gasteiger partial charge on any atom is 0.490 e. The second-order valence-electron chi connectivity index (χ2n) is 5.51. The van der Waals surface area contributed by atoms with Crippen LogP contribution in [-0.2, 0) is 9.59 Å². The lowest BCUT2D eigenvalue weighted by Gasteiger charge is -2.20. The summed E-state index contributed by atoms with van der Waals surface area (Å²) >= 11 is 0. The van der Waals surface area contributed by atoms with Crippen molar-refractivity contribution in [1.82, 2.24) is 0 Å². The van der Waals surface area contributed by atoms with E-state index < -0.39 is 18.1 Å². The van der Waals surface area contributed by atoms with Crippen molar-refractivity contribution >= 4 is 29.2 Å². The Balaban J connectivity index is 0.000000821. The Labute approximate surface area is 154 Å². The van der Waals surface area contributed by atoms with Crippen LogP contribution < -0.4 is 10.2 Å². The van der Waals surface area contributed by atoms with Crippen molar-refractivity contribution in [2.75, 3.05) is 23.8 Å². The third-order valence-electron chi connectivity index (χ3n) is 3.36. The number of hydrogen-bond donors (Lipinski definition) is 3. The number of aromatic carboxylic acids is 1. The highest BCUT2D eigenvalue weighted by Gasteiger charge is 2.38. The lowest BCUT2D eigenvalue weighted by atomic mass is 10.1. The van der Waals surface area contributed by atoms with Crippen molar-refractivity contribution in [1.29, 1.82) is 0 Å². The summed E-state index contributed by atoms with van der Waals surface area (Å²) in [4.78, 5) is 33.6. The summed E-state index contributed by atoms with van der Waals surface area (Å²) in [6, 6.07) is 5.07. The van der Waals surface area contributed by atoms with Crippen LogP contribution >= 0.6 is 0 Å². The molecule has 0 saturated carbocycles. The molecule has 152 valence electrons. The van der Waals surface area contributed by atoms with Gasteiger partial charge in [0.05, 0.1) is 11.3 Å². The van der Waals surface area contributed by atoms with E-state index in [2.05, 4.69) is 12.2 Å². The molecule has 1 aromatic carbocycles. The molecule has 0 spiro atoms. The highest BCUT2D eigenvalue weighted by molar-refractivity contribution is 6.01. The molecular formula is C17H23F3N2O5. The van der Waals surface area contributed by atoms with E-state index in [0.717, 1.165) is 25.1 Å². The number of carbonyl (C=O) groups is 3. The Bertz CT molecular complexity index is 662. The molecule has 0 heterocycles. The molecule has 0 radical (unpaired) electrons.